The molecule has 0 aromatic heterocycles. The zero-order valence-electron chi connectivity index (χ0n) is 10.2. The van der Waals surface area contributed by atoms with Gasteiger partial charge >= 0.3 is 0 Å². The molecular formula is C13H26O2. The number of aliphatic hydroxyl groups is 1. The van der Waals surface area contributed by atoms with E-state index in [4.69, 9.17) is 4.74 Å². The van der Waals surface area contributed by atoms with E-state index in [0.717, 1.165) is 19.4 Å². The van der Waals surface area contributed by atoms with Gasteiger partial charge in [0, 0.05) is 5.92 Å². The van der Waals surface area contributed by atoms with Crippen molar-refractivity contribution >= 4 is 0 Å². The quantitative estimate of drug-likeness (QED) is 0.660. The van der Waals surface area contributed by atoms with Gasteiger partial charge in [-0.3, -0.25) is 0 Å². The maximum Gasteiger partial charge on any atom is 0.0851 e. The maximum atomic E-state index is 10.0. The zero-order chi connectivity index (χ0) is 11.1. The molecule has 1 aliphatic heterocycles. The van der Waals surface area contributed by atoms with Crippen molar-refractivity contribution in [3.63, 3.8) is 0 Å². The van der Waals surface area contributed by atoms with E-state index in [1.165, 1.54) is 32.1 Å². The molecule has 0 spiro atoms. The highest BCUT2D eigenvalue weighted by Gasteiger charge is 2.34. The van der Waals surface area contributed by atoms with Gasteiger partial charge in [0.1, 0.15) is 0 Å². The lowest BCUT2D eigenvalue weighted by Gasteiger charge is -2.16. The van der Waals surface area contributed by atoms with Crippen LogP contribution in [-0.2, 0) is 4.74 Å². The van der Waals surface area contributed by atoms with Gasteiger partial charge < -0.3 is 9.84 Å². The van der Waals surface area contributed by atoms with Crippen molar-refractivity contribution in [1.29, 1.82) is 0 Å². The molecule has 2 nitrogen and oxygen atoms in total. The summed E-state index contributed by atoms with van der Waals surface area (Å²) in [5.41, 5.74) is 0. The summed E-state index contributed by atoms with van der Waals surface area (Å²) in [4.78, 5) is 0. The molecule has 2 heteroatoms. The molecule has 0 amide bonds. The van der Waals surface area contributed by atoms with Gasteiger partial charge in [0.2, 0.25) is 0 Å². The lowest BCUT2D eigenvalue weighted by molar-refractivity contribution is 0.0318. The first-order chi connectivity index (χ1) is 7.29. The van der Waals surface area contributed by atoms with E-state index >= 15 is 0 Å². The average Bonchev–Trinajstić information content (AvgIpc) is 2.58. The Kier molecular flexibility index (Phi) is 6.26. The van der Waals surface area contributed by atoms with Crippen LogP contribution < -0.4 is 0 Å². The van der Waals surface area contributed by atoms with Crippen LogP contribution in [0.15, 0.2) is 0 Å². The van der Waals surface area contributed by atoms with Gasteiger partial charge in [-0.25, -0.2) is 0 Å². The highest BCUT2D eigenvalue weighted by atomic mass is 16.5. The van der Waals surface area contributed by atoms with E-state index in [-0.39, 0.29) is 12.2 Å². The molecule has 15 heavy (non-hydrogen) atoms. The lowest BCUT2D eigenvalue weighted by atomic mass is 9.94. The predicted octanol–water partition coefficient (Wildman–Crippen LogP) is 3.13. The molecule has 1 fully saturated rings. The molecule has 1 heterocycles. The number of ether oxygens (including phenoxy) is 1. The van der Waals surface area contributed by atoms with Crippen molar-refractivity contribution < 1.29 is 9.84 Å². The van der Waals surface area contributed by atoms with Crippen molar-refractivity contribution in [2.24, 2.45) is 5.92 Å². The second-order valence-corrected chi connectivity index (χ2v) is 4.76. The summed E-state index contributed by atoms with van der Waals surface area (Å²) in [6, 6.07) is 0. The topological polar surface area (TPSA) is 29.5 Å². The fourth-order valence-electron chi connectivity index (χ4n) is 2.32. The fraction of sp³-hybridized carbons (Fsp3) is 1.00. The molecular weight excluding hydrogens is 188 g/mol. The minimum absolute atomic E-state index is 0.122. The Bertz CT molecular complexity index is 159. The number of aliphatic hydroxyl groups excluding tert-OH is 1. The summed E-state index contributed by atoms with van der Waals surface area (Å²) < 4.78 is 5.66. The summed E-state index contributed by atoms with van der Waals surface area (Å²) in [6.07, 6.45) is 8.22. The average molecular weight is 214 g/mol. The molecule has 0 aromatic carbocycles. The van der Waals surface area contributed by atoms with E-state index in [1.807, 2.05) is 0 Å². The Balaban J connectivity index is 2.19. The highest BCUT2D eigenvalue weighted by Crippen LogP contribution is 2.28. The summed E-state index contributed by atoms with van der Waals surface area (Å²) in [6.45, 7) is 5.17. The Hall–Kier alpha value is -0.0800. The van der Waals surface area contributed by atoms with Gasteiger partial charge in [0.25, 0.3) is 0 Å². The van der Waals surface area contributed by atoms with E-state index in [9.17, 15) is 5.11 Å². The molecule has 1 aliphatic rings. The predicted molar refractivity (Wildman–Crippen MR) is 62.9 cm³/mol. The Morgan fingerprint density at radius 1 is 1.07 bits per heavy atom. The lowest BCUT2D eigenvalue weighted by Crippen LogP contribution is -2.26. The molecule has 1 N–H and O–H groups in total. The van der Waals surface area contributed by atoms with Crippen LogP contribution >= 0.6 is 0 Å². The SMILES string of the molecule is CCCCCC1CO[C@H](CCCC)[C@H]1O. The molecule has 0 aromatic rings. The van der Waals surface area contributed by atoms with Crippen molar-refractivity contribution in [1.82, 2.24) is 0 Å². The largest absolute Gasteiger partial charge is 0.390 e. The van der Waals surface area contributed by atoms with Crippen molar-refractivity contribution in [2.75, 3.05) is 6.61 Å². The van der Waals surface area contributed by atoms with Crippen LogP contribution in [-0.4, -0.2) is 23.9 Å². The van der Waals surface area contributed by atoms with Crippen molar-refractivity contribution in [3.8, 4) is 0 Å². The molecule has 0 aliphatic carbocycles. The van der Waals surface area contributed by atoms with Crippen LogP contribution in [0.1, 0.15) is 58.8 Å². The fourth-order valence-corrected chi connectivity index (χ4v) is 2.32. The summed E-state index contributed by atoms with van der Waals surface area (Å²) in [5.74, 6) is 0.401. The van der Waals surface area contributed by atoms with E-state index in [2.05, 4.69) is 13.8 Å². The van der Waals surface area contributed by atoms with E-state index < -0.39 is 0 Å². The summed E-state index contributed by atoms with van der Waals surface area (Å²) in [7, 11) is 0. The standard InChI is InChI=1S/C13H26O2/c1-3-5-7-8-11-10-15-12(13(11)14)9-6-4-2/h11-14H,3-10H2,1-2H3/t11?,12-,13+/m1/s1. The van der Waals surface area contributed by atoms with Crippen LogP contribution in [0.2, 0.25) is 0 Å². The third-order valence-corrected chi connectivity index (χ3v) is 3.41. The molecule has 1 saturated heterocycles. The summed E-state index contributed by atoms with van der Waals surface area (Å²) in [5, 5.41) is 10.0. The number of hydrogen-bond donors (Lipinski definition) is 1. The second kappa shape index (κ2) is 7.24. The maximum absolute atomic E-state index is 10.0. The van der Waals surface area contributed by atoms with Crippen molar-refractivity contribution in [3.05, 3.63) is 0 Å². The monoisotopic (exact) mass is 214 g/mol. The van der Waals surface area contributed by atoms with Crippen LogP contribution in [0, 0.1) is 5.92 Å². The van der Waals surface area contributed by atoms with Crippen LogP contribution in [0.3, 0.4) is 0 Å². The van der Waals surface area contributed by atoms with Crippen LogP contribution in [0.4, 0.5) is 0 Å². The number of hydrogen-bond acceptors (Lipinski definition) is 2. The minimum atomic E-state index is -0.201. The first-order valence-corrected chi connectivity index (χ1v) is 6.59. The third kappa shape index (κ3) is 4.12. The van der Waals surface area contributed by atoms with Gasteiger partial charge in [0.05, 0.1) is 18.8 Å². The van der Waals surface area contributed by atoms with E-state index in [1.54, 1.807) is 0 Å². The first-order valence-electron chi connectivity index (χ1n) is 6.59. The number of rotatable bonds is 7. The zero-order valence-corrected chi connectivity index (χ0v) is 10.2. The Morgan fingerprint density at radius 3 is 2.47 bits per heavy atom. The number of unbranched alkanes of at least 4 members (excludes halogenated alkanes) is 3. The molecule has 0 bridgehead atoms. The second-order valence-electron chi connectivity index (χ2n) is 4.76. The van der Waals surface area contributed by atoms with Crippen LogP contribution in [0.5, 0.6) is 0 Å². The van der Waals surface area contributed by atoms with Gasteiger partial charge in [0.15, 0.2) is 0 Å². The Labute approximate surface area is 94.0 Å². The molecule has 1 unspecified atom stereocenters. The minimum Gasteiger partial charge on any atom is -0.390 e. The molecule has 1 rings (SSSR count). The van der Waals surface area contributed by atoms with Crippen LogP contribution in [0.25, 0.3) is 0 Å². The molecule has 0 saturated carbocycles. The normalized spacial score (nSPS) is 31.0. The first kappa shape index (κ1) is 13.0. The smallest absolute Gasteiger partial charge is 0.0851 e. The van der Waals surface area contributed by atoms with Crippen molar-refractivity contribution in [2.45, 2.75) is 71.0 Å². The van der Waals surface area contributed by atoms with Gasteiger partial charge in [-0.2, -0.15) is 0 Å². The highest BCUT2D eigenvalue weighted by molar-refractivity contribution is 4.83. The molecule has 3 atom stereocenters. The van der Waals surface area contributed by atoms with Gasteiger partial charge in [-0.15, -0.1) is 0 Å². The third-order valence-electron chi connectivity index (χ3n) is 3.41. The molecule has 90 valence electrons. The Morgan fingerprint density at radius 2 is 1.80 bits per heavy atom. The van der Waals surface area contributed by atoms with E-state index in [0.29, 0.717) is 5.92 Å². The molecule has 0 radical (unpaired) electrons. The summed E-state index contributed by atoms with van der Waals surface area (Å²) >= 11 is 0. The van der Waals surface area contributed by atoms with Gasteiger partial charge in [-0.05, 0) is 12.8 Å². The van der Waals surface area contributed by atoms with Gasteiger partial charge in [-0.1, -0.05) is 46.0 Å².